The van der Waals surface area contributed by atoms with Gasteiger partial charge in [-0.3, -0.25) is 9.59 Å². The summed E-state index contributed by atoms with van der Waals surface area (Å²) >= 11 is 0. The molecule has 0 aliphatic heterocycles. The van der Waals surface area contributed by atoms with Crippen LogP contribution in [0.1, 0.15) is 60.3 Å². The van der Waals surface area contributed by atoms with Crippen molar-refractivity contribution in [3.05, 3.63) is 143 Å². The van der Waals surface area contributed by atoms with E-state index in [4.69, 9.17) is 0 Å². The number of carbonyl (C=O) groups is 2. The minimum atomic E-state index is -0.780. The number of hydrogen-bond acceptors (Lipinski definition) is 2. The summed E-state index contributed by atoms with van der Waals surface area (Å²) in [6.45, 7) is 0.0113. The van der Waals surface area contributed by atoms with Gasteiger partial charge in [0.15, 0.2) is 0 Å². The van der Waals surface area contributed by atoms with Crippen molar-refractivity contribution in [2.75, 3.05) is 0 Å². The van der Waals surface area contributed by atoms with Crippen LogP contribution in [0.25, 0.3) is 0 Å². The Morgan fingerprint density at radius 2 is 1.29 bits per heavy atom. The van der Waals surface area contributed by atoms with E-state index in [1.54, 1.807) is 23.1 Å². The van der Waals surface area contributed by atoms with Crippen LogP contribution in [0.5, 0.6) is 0 Å². The standard InChI is InChI=1S/C36H37FN2O2/c37-33-23-13-10-20-30(33)26-39(34(24-27-14-4-1-5-15-27)36(41)38-31-21-11-12-22-31)35(40)25-32(28-16-6-2-7-17-28)29-18-8-3-9-19-29/h1-10,13-20,23,31-32,34H,11-12,21-22,24-26H2,(H,38,41)/t34-/m0/s1. The molecule has 0 saturated heterocycles. The molecule has 5 rings (SSSR count). The molecule has 0 radical (unpaired) electrons. The second-order valence-electron chi connectivity index (χ2n) is 10.9. The maximum Gasteiger partial charge on any atom is 0.243 e. The van der Waals surface area contributed by atoms with Gasteiger partial charge in [0.2, 0.25) is 11.8 Å². The Kier molecular flexibility index (Phi) is 9.58. The van der Waals surface area contributed by atoms with Gasteiger partial charge in [0.05, 0.1) is 0 Å². The highest BCUT2D eigenvalue weighted by atomic mass is 19.1. The summed E-state index contributed by atoms with van der Waals surface area (Å²) in [4.78, 5) is 30.0. The molecule has 0 aromatic heterocycles. The molecular formula is C36H37FN2O2. The van der Waals surface area contributed by atoms with E-state index in [0.29, 0.717) is 12.0 Å². The second kappa shape index (κ2) is 13.9. The molecular weight excluding hydrogens is 511 g/mol. The zero-order chi connectivity index (χ0) is 28.4. The van der Waals surface area contributed by atoms with Crippen LogP contribution < -0.4 is 5.32 Å². The molecule has 4 aromatic rings. The summed E-state index contributed by atoms with van der Waals surface area (Å²) in [6.07, 6.45) is 4.56. The predicted molar refractivity (Wildman–Crippen MR) is 161 cm³/mol. The molecule has 1 saturated carbocycles. The summed E-state index contributed by atoms with van der Waals surface area (Å²) in [5.41, 5.74) is 3.39. The molecule has 0 spiro atoms. The smallest absolute Gasteiger partial charge is 0.243 e. The Hall–Kier alpha value is -4.25. The Morgan fingerprint density at radius 3 is 1.88 bits per heavy atom. The zero-order valence-corrected chi connectivity index (χ0v) is 23.3. The van der Waals surface area contributed by atoms with Gasteiger partial charge in [-0.05, 0) is 35.6 Å². The summed E-state index contributed by atoms with van der Waals surface area (Å²) in [7, 11) is 0. The Bertz CT molecular complexity index is 1370. The van der Waals surface area contributed by atoms with Crippen molar-refractivity contribution in [2.24, 2.45) is 0 Å². The molecule has 4 nitrogen and oxygen atoms in total. The molecule has 1 fully saturated rings. The largest absolute Gasteiger partial charge is 0.352 e. The van der Waals surface area contributed by atoms with Crippen LogP contribution in [0, 0.1) is 5.82 Å². The topological polar surface area (TPSA) is 49.4 Å². The van der Waals surface area contributed by atoms with Crippen LogP contribution in [0.15, 0.2) is 115 Å². The fourth-order valence-electron chi connectivity index (χ4n) is 5.82. The third kappa shape index (κ3) is 7.49. The first-order chi connectivity index (χ1) is 20.1. The lowest BCUT2D eigenvalue weighted by Crippen LogP contribution is -2.52. The average Bonchev–Trinajstić information content (AvgIpc) is 3.53. The summed E-state index contributed by atoms with van der Waals surface area (Å²) in [5, 5.41) is 3.23. The molecule has 210 valence electrons. The molecule has 1 N–H and O–H groups in total. The Balaban J connectivity index is 1.52. The SMILES string of the molecule is O=C(NC1CCCC1)[C@H](Cc1ccccc1)N(Cc1ccccc1F)C(=O)CC(c1ccccc1)c1ccccc1. The van der Waals surface area contributed by atoms with Gasteiger partial charge >= 0.3 is 0 Å². The van der Waals surface area contributed by atoms with Crippen LogP contribution in [-0.2, 0) is 22.6 Å². The van der Waals surface area contributed by atoms with Gasteiger partial charge in [0.1, 0.15) is 11.9 Å². The van der Waals surface area contributed by atoms with Crippen LogP contribution in [0.2, 0.25) is 0 Å². The normalized spacial score (nSPS) is 14.1. The van der Waals surface area contributed by atoms with Gasteiger partial charge in [-0.25, -0.2) is 4.39 Å². The van der Waals surface area contributed by atoms with Crippen LogP contribution in [-0.4, -0.2) is 28.8 Å². The molecule has 5 heteroatoms. The highest BCUT2D eigenvalue weighted by Crippen LogP contribution is 2.30. The monoisotopic (exact) mass is 548 g/mol. The predicted octanol–water partition coefficient (Wildman–Crippen LogP) is 7.05. The maximum absolute atomic E-state index is 15.0. The van der Waals surface area contributed by atoms with Gasteiger partial charge in [-0.2, -0.15) is 0 Å². The maximum atomic E-state index is 15.0. The van der Waals surface area contributed by atoms with Gasteiger partial charge in [0, 0.05) is 36.9 Å². The molecule has 41 heavy (non-hydrogen) atoms. The van der Waals surface area contributed by atoms with E-state index < -0.39 is 6.04 Å². The van der Waals surface area contributed by atoms with E-state index in [0.717, 1.165) is 42.4 Å². The molecule has 0 bridgehead atoms. The Labute approximate surface area is 242 Å². The van der Waals surface area contributed by atoms with Crippen LogP contribution in [0.4, 0.5) is 4.39 Å². The van der Waals surface area contributed by atoms with Crippen molar-refractivity contribution in [2.45, 2.75) is 63.1 Å². The Morgan fingerprint density at radius 1 is 0.756 bits per heavy atom. The van der Waals surface area contributed by atoms with E-state index in [9.17, 15) is 14.0 Å². The first-order valence-electron chi connectivity index (χ1n) is 14.6. The summed E-state index contributed by atoms with van der Waals surface area (Å²) < 4.78 is 15.0. The first kappa shape index (κ1) is 28.3. The lowest BCUT2D eigenvalue weighted by molar-refractivity contribution is -0.141. The third-order valence-electron chi connectivity index (χ3n) is 8.05. The van der Waals surface area contributed by atoms with E-state index in [-0.39, 0.29) is 42.6 Å². The van der Waals surface area contributed by atoms with Crippen molar-refractivity contribution in [3.63, 3.8) is 0 Å². The van der Waals surface area contributed by atoms with Crippen molar-refractivity contribution in [3.8, 4) is 0 Å². The summed E-state index contributed by atoms with van der Waals surface area (Å²) in [5.74, 6) is -0.958. The third-order valence-corrected chi connectivity index (χ3v) is 8.05. The average molecular weight is 549 g/mol. The van der Waals surface area contributed by atoms with Crippen molar-refractivity contribution < 1.29 is 14.0 Å². The van der Waals surface area contributed by atoms with E-state index >= 15 is 0 Å². The molecule has 1 aliphatic rings. The molecule has 0 unspecified atom stereocenters. The van der Waals surface area contributed by atoms with Gasteiger partial charge in [-0.1, -0.05) is 122 Å². The number of nitrogens with zero attached hydrogens (tertiary/aromatic N) is 1. The lowest BCUT2D eigenvalue weighted by atomic mass is 9.87. The second-order valence-corrected chi connectivity index (χ2v) is 10.9. The van der Waals surface area contributed by atoms with Crippen LogP contribution in [0.3, 0.4) is 0 Å². The number of benzene rings is 4. The number of halogens is 1. The summed E-state index contributed by atoms with van der Waals surface area (Å²) in [6, 6.07) is 35.5. The number of amides is 2. The number of carbonyl (C=O) groups excluding carboxylic acids is 2. The number of nitrogens with one attached hydrogen (secondary N) is 1. The minimum Gasteiger partial charge on any atom is -0.352 e. The highest BCUT2D eigenvalue weighted by molar-refractivity contribution is 5.88. The fraction of sp³-hybridized carbons (Fsp3) is 0.278. The number of rotatable bonds is 11. The van der Waals surface area contributed by atoms with E-state index in [1.165, 1.54) is 6.07 Å². The molecule has 1 atom stereocenters. The molecule has 1 aliphatic carbocycles. The first-order valence-corrected chi connectivity index (χ1v) is 14.6. The van der Waals surface area contributed by atoms with Crippen molar-refractivity contribution in [1.29, 1.82) is 0 Å². The van der Waals surface area contributed by atoms with Gasteiger partial charge in [0.25, 0.3) is 0 Å². The number of hydrogen-bond donors (Lipinski definition) is 1. The fourth-order valence-corrected chi connectivity index (χ4v) is 5.82. The van der Waals surface area contributed by atoms with Crippen molar-refractivity contribution >= 4 is 11.8 Å². The zero-order valence-electron chi connectivity index (χ0n) is 23.3. The quantitative estimate of drug-likeness (QED) is 0.218. The molecule has 2 amide bonds. The minimum absolute atomic E-state index is 0.0113. The highest BCUT2D eigenvalue weighted by Gasteiger charge is 2.34. The lowest BCUT2D eigenvalue weighted by Gasteiger charge is -2.33. The van der Waals surface area contributed by atoms with Crippen LogP contribution >= 0.6 is 0 Å². The van der Waals surface area contributed by atoms with Gasteiger partial charge < -0.3 is 10.2 Å². The van der Waals surface area contributed by atoms with Gasteiger partial charge in [-0.15, -0.1) is 0 Å². The molecule has 4 aromatic carbocycles. The van der Waals surface area contributed by atoms with Crippen molar-refractivity contribution in [1.82, 2.24) is 10.2 Å². The molecule has 0 heterocycles. The van der Waals surface area contributed by atoms with E-state index in [2.05, 4.69) is 5.32 Å². The van der Waals surface area contributed by atoms with E-state index in [1.807, 2.05) is 91.0 Å².